The van der Waals surface area contributed by atoms with Gasteiger partial charge in [-0.3, -0.25) is 14.3 Å². The second kappa shape index (κ2) is 7.21. The predicted octanol–water partition coefficient (Wildman–Crippen LogP) is 2.39. The van der Waals surface area contributed by atoms with Gasteiger partial charge in [0.25, 0.3) is 5.91 Å². The number of carbonyl (C=O) groups excluding carboxylic acids is 2. The highest BCUT2D eigenvalue weighted by molar-refractivity contribution is 5.91. The number of amides is 2. The topological polar surface area (TPSA) is 71.6 Å². The first-order chi connectivity index (χ1) is 13.1. The number of nitrogens with zero attached hydrogens (tertiary/aromatic N) is 4. The predicted molar refractivity (Wildman–Crippen MR) is 99.1 cm³/mol. The van der Waals surface area contributed by atoms with Gasteiger partial charge in [0, 0.05) is 50.4 Å². The molecule has 2 fully saturated rings. The summed E-state index contributed by atoms with van der Waals surface area (Å²) < 4.78 is 7.56. The lowest BCUT2D eigenvalue weighted by Crippen LogP contribution is -2.55. The maximum atomic E-state index is 13.0. The third-order valence-corrected chi connectivity index (χ3v) is 5.83. The van der Waals surface area contributed by atoms with Crippen molar-refractivity contribution in [1.29, 1.82) is 0 Å². The molecule has 2 aliphatic heterocycles. The van der Waals surface area contributed by atoms with E-state index in [4.69, 9.17) is 4.42 Å². The molecule has 4 heterocycles. The summed E-state index contributed by atoms with van der Waals surface area (Å²) in [6, 6.07) is 5.45. The Kier molecular flexibility index (Phi) is 4.76. The molecule has 1 spiro atoms. The van der Waals surface area contributed by atoms with Crippen molar-refractivity contribution in [2.75, 3.05) is 26.2 Å². The number of aromatic nitrogens is 2. The van der Waals surface area contributed by atoms with Gasteiger partial charge in [0.1, 0.15) is 5.76 Å². The molecule has 0 aromatic carbocycles. The normalized spacial score (nSPS) is 23.2. The number of likely N-dealkylation sites (tertiary alicyclic amines) is 2. The molecule has 4 rings (SSSR count). The van der Waals surface area contributed by atoms with Gasteiger partial charge in [0.05, 0.1) is 6.54 Å². The van der Waals surface area contributed by atoms with E-state index in [1.165, 1.54) is 0 Å². The highest BCUT2D eigenvalue weighted by Crippen LogP contribution is 2.39. The Morgan fingerprint density at radius 1 is 1.30 bits per heavy atom. The van der Waals surface area contributed by atoms with Crippen molar-refractivity contribution in [3.8, 4) is 0 Å². The fourth-order valence-corrected chi connectivity index (χ4v) is 4.39. The van der Waals surface area contributed by atoms with Crippen LogP contribution in [0.5, 0.6) is 0 Å². The van der Waals surface area contributed by atoms with Crippen molar-refractivity contribution in [3.63, 3.8) is 0 Å². The Balaban J connectivity index is 1.44. The second-order valence-electron chi connectivity index (χ2n) is 7.71. The monoisotopic (exact) mass is 370 g/mol. The first-order valence-corrected chi connectivity index (χ1v) is 9.72. The molecule has 2 amide bonds. The molecule has 1 atom stereocenters. The summed E-state index contributed by atoms with van der Waals surface area (Å²) in [5, 5.41) is 4.16. The van der Waals surface area contributed by atoms with Crippen LogP contribution in [0.15, 0.2) is 35.0 Å². The Bertz CT molecular complexity index is 813. The van der Waals surface area contributed by atoms with Crippen LogP contribution >= 0.6 is 0 Å². The number of carbonyl (C=O) groups is 2. The minimum Gasteiger partial charge on any atom is -0.454 e. The largest absolute Gasteiger partial charge is 0.454 e. The Hall–Kier alpha value is -2.57. The van der Waals surface area contributed by atoms with E-state index in [9.17, 15) is 9.59 Å². The molecule has 2 aromatic heterocycles. The molecule has 0 saturated carbocycles. The first kappa shape index (κ1) is 17.8. The van der Waals surface area contributed by atoms with Crippen molar-refractivity contribution in [2.24, 2.45) is 5.41 Å². The van der Waals surface area contributed by atoms with Crippen LogP contribution in [0, 0.1) is 5.41 Å². The van der Waals surface area contributed by atoms with E-state index in [-0.39, 0.29) is 17.2 Å². The van der Waals surface area contributed by atoms with Crippen LogP contribution in [0.2, 0.25) is 0 Å². The summed E-state index contributed by atoms with van der Waals surface area (Å²) in [5.41, 5.74) is 0.0301. The SMILES string of the molecule is CCN1C[C@]2(CCCN(C(=O)c3ccc(Cn4cccn4)o3)C2)CCC1=O. The van der Waals surface area contributed by atoms with E-state index in [1.807, 2.05) is 35.1 Å². The summed E-state index contributed by atoms with van der Waals surface area (Å²) >= 11 is 0. The molecule has 7 nitrogen and oxygen atoms in total. The summed E-state index contributed by atoms with van der Waals surface area (Å²) in [7, 11) is 0. The molecule has 27 heavy (non-hydrogen) atoms. The summed E-state index contributed by atoms with van der Waals surface area (Å²) in [6.45, 7) is 5.48. The Labute approximate surface area is 158 Å². The van der Waals surface area contributed by atoms with Gasteiger partial charge in [-0.05, 0) is 44.4 Å². The van der Waals surface area contributed by atoms with E-state index in [0.29, 0.717) is 31.0 Å². The lowest BCUT2D eigenvalue weighted by atomic mass is 9.73. The van der Waals surface area contributed by atoms with Crippen LogP contribution in [0.1, 0.15) is 48.9 Å². The van der Waals surface area contributed by atoms with Gasteiger partial charge >= 0.3 is 0 Å². The lowest BCUT2D eigenvalue weighted by Gasteiger charge is -2.48. The highest BCUT2D eigenvalue weighted by Gasteiger charge is 2.42. The third kappa shape index (κ3) is 3.63. The van der Waals surface area contributed by atoms with Crippen LogP contribution in [0.25, 0.3) is 0 Å². The zero-order chi connectivity index (χ0) is 18.9. The van der Waals surface area contributed by atoms with Gasteiger partial charge in [-0.1, -0.05) is 0 Å². The molecule has 144 valence electrons. The fraction of sp³-hybridized carbons (Fsp3) is 0.550. The van der Waals surface area contributed by atoms with Gasteiger partial charge in [0.2, 0.25) is 5.91 Å². The molecule has 0 radical (unpaired) electrons. The molecule has 2 aromatic rings. The lowest BCUT2D eigenvalue weighted by molar-refractivity contribution is -0.138. The van der Waals surface area contributed by atoms with Crippen LogP contribution in [0.4, 0.5) is 0 Å². The molecule has 7 heteroatoms. The molecule has 0 unspecified atom stereocenters. The zero-order valence-corrected chi connectivity index (χ0v) is 15.8. The van der Waals surface area contributed by atoms with Crippen LogP contribution in [-0.2, 0) is 11.3 Å². The first-order valence-electron chi connectivity index (χ1n) is 9.72. The quantitative estimate of drug-likeness (QED) is 0.828. The number of furan rings is 1. The number of rotatable bonds is 4. The van der Waals surface area contributed by atoms with Crippen molar-refractivity contribution < 1.29 is 14.0 Å². The smallest absolute Gasteiger partial charge is 0.289 e. The van der Waals surface area contributed by atoms with Crippen molar-refractivity contribution in [1.82, 2.24) is 19.6 Å². The minimum absolute atomic E-state index is 0.0301. The van der Waals surface area contributed by atoms with E-state index in [2.05, 4.69) is 5.10 Å². The van der Waals surface area contributed by atoms with Crippen molar-refractivity contribution in [3.05, 3.63) is 42.1 Å². The van der Waals surface area contributed by atoms with Gasteiger partial charge in [-0.25, -0.2) is 0 Å². The average Bonchev–Trinajstić information content (AvgIpc) is 3.36. The van der Waals surface area contributed by atoms with Crippen molar-refractivity contribution in [2.45, 2.75) is 39.2 Å². The summed E-state index contributed by atoms with van der Waals surface area (Å²) in [4.78, 5) is 28.9. The molecular weight excluding hydrogens is 344 g/mol. The zero-order valence-electron chi connectivity index (χ0n) is 15.8. The van der Waals surface area contributed by atoms with E-state index >= 15 is 0 Å². The standard InChI is InChI=1S/C20H26N4O3/c1-2-22-14-20(9-7-18(22)25)8-3-11-23(15-20)19(26)17-6-5-16(27-17)13-24-12-4-10-21-24/h4-6,10,12H,2-3,7-9,11,13-15H2,1H3/t20-/m0/s1. The highest BCUT2D eigenvalue weighted by atomic mass is 16.4. The van der Waals surface area contributed by atoms with E-state index in [0.717, 1.165) is 38.9 Å². The maximum absolute atomic E-state index is 13.0. The van der Waals surface area contributed by atoms with Gasteiger partial charge in [-0.2, -0.15) is 5.10 Å². The van der Waals surface area contributed by atoms with Crippen molar-refractivity contribution >= 4 is 11.8 Å². The maximum Gasteiger partial charge on any atom is 0.289 e. The Morgan fingerprint density at radius 2 is 2.19 bits per heavy atom. The number of piperidine rings is 2. The average molecular weight is 370 g/mol. The minimum atomic E-state index is -0.0549. The molecule has 2 aliphatic rings. The van der Waals surface area contributed by atoms with Crippen LogP contribution in [-0.4, -0.2) is 57.6 Å². The third-order valence-electron chi connectivity index (χ3n) is 5.83. The Morgan fingerprint density at radius 3 is 2.96 bits per heavy atom. The van der Waals surface area contributed by atoms with Gasteiger partial charge < -0.3 is 14.2 Å². The second-order valence-corrected chi connectivity index (χ2v) is 7.71. The molecule has 0 bridgehead atoms. The van der Waals surface area contributed by atoms with Crippen LogP contribution in [0.3, 0.4) is 0 Å². The molecule has 2 saturated heterocycles. The fourth-order valence-electron chi connectivity index (χ4n) is 4.39. The van der Waals surface area contributed by atoms with Gasteiger partial charge in [0.15, 0.2) is 5.76 Å². The molecular formula is C20H26N4O3. The molecule has 0 N–H and O–H groups in total. The van der Waals surface area contributed by atoms with Gasteiger partial charge in [-0.15, -0.1) is 0 Å². The van der Waals surface area contributed by atoms with E-state index in [1.54, 1.807) is 16.9 Å². The van der Waals surface area contributed by atoms with E-state index < -0.39 is 0 Å². The summed E-state index contributed by atoms with van der Waals surface area (Å²) in [5.74, 6) is 1.28. The summed E-state index contributed by atoms with van der Waals surface area (Å²) in [6.07, 6.45) is 7.08. The number of hydrogen-bond donors (Lipinski definition) is 0. The molecule has 0 aliphatic carbocycles. The number of hydrogen-bond acceptors (Lipinski definition) is 4. The van der Waals surface area contributed by atoms with Crippen LogP contribution < -0.4 is 0 Å².